The maximum atomic E-state index is 11.4. The van der Waals surface area contributed by atoms with Gasteiger partial charge >= 0.3 is 0 Å². The lowest BCUT2D eigenvalue weighted by molar-refractivity contribution is 0.101. The number of hydrogen-bond donors (Lipinski definition) is 1. The van der Waals surface area contributed by atoms with E-state index in [1.807, 2.05) is 0 Å². The summed E-state index contributed by atoms with van der Waals surface area (Å²) in [7, 11) is 1.71. The number of halogens is 1. The molecule has 2 aromatic heterocycles. The fourth-order valence-electron chi connectivity index (χ4n) is 1.68. The Kier molecular flexibility index (Phi) is 2.65. The Bertz CT molecular complexity index is 577. The Morgan fingerprint density at radius 1 is 1.62 bits per heavy atom. The minimum absolute atomic E-state index is 0.163. The summed E-state index contributed by atoms with van der Waals surface area (Å²) in [6, 6.07) is 1.62. The summed E-state index contributed by atoms with van der Waals surface area (Å²) in [5, 5.41) is 14.1. The summed E-state index contributed by atoms with van der Waals surface area (Å²) >= 11 is 5.82. The summed E-state index contributed by atoms with van der Waals surface area (Å²) in [6.45, 7) is 1.15. The van der Waals surface area contributed by atoms with E-state index in [9.17, 15) is 9.90 Å². The predicted molar refractivity (Wildman–Crippen MR) is 59.4 cm³/mol. The van der Waals surface area contributed by atoms with Crippen LogP contribution in [-0.2, 0) is 13.7 Å². The van der Waals surface area contributed by atoms with Gasteiger partial charge in [0.15, 0.2) is 5.78 Å². The lowest BCUT2D eigenvalue weighted by atomic mass is 10.1. The van der Waals surface area contributed by atoms with E-state index in [1.165, 1.54) is 6.92 Å². The van der Waals surface area contributed by atoms with Crippen LogP contribution in [0.25, 0.3) is 10.9 Å². The maximum absolute atomic E-state index is 11.4. The van der Waals surface area contributed by atoms with Crippen molar-refractivity contribution in [2.24, 2.45) is 7.05 Å². The Morgan fingerprint density at radius 2 is 2.31 bits per heavy atom. The number of Topliss-reactive ketones (excluding diaryl/α,β-unsaturated/α-hetero) is 1. The first kappa shape index (κ1) is 11.0. The molecule has 0 spiro atoms. The van der Waals surface area contributed by atoms with E-state index in [-0.39, 0.29) is 17.5 Å². The van der Waals surface area contributed by atoms with Crippen LogP contribution in [0.4, 0.5) is 0 Å². The third kappa shape index (κ3) is 1.58. The van der Waals surface area contributed by atoms with Crippen molar-refractivity contribution in [2.75, 3.05) is 0 Å². The zero-order valence-electron chi connectivity index (χ0n) is 8.86. The molecule has 6 heteroatoms. The van der Waals surface area contributed by atoms with Gasteiger partial charge in [0.05, 0.1) is 23.2 Å². The average Bonchev–Trinajstić information content (AvgIpc) is 2.55. The molecule has 0 saturated carbocycles. The van der Waals surface area contributed by atoms with Gasteiger partial charge in [-0.2, -0.15) is 5.10 Å². The minimum Gasteiger partial charge on any atom is -0.390 e. The van der Waals surface area contributed by atoms with E-state index in [4.69, 9.17) is 11.6 Å². The predicted octanol–water partition coefficient (Wildman–Crippen LogP) is 1.32. The first-order valence-corrected chi connectivity index (χ1v) is 5.06. The van der Waals surface area contributed by atoms with Crippen molar-refractivity contribution in [1.82, 2.24) is 14.8 Å². The van der Waals surface area contributed by atoms with Crippen molar-refractivity contribution in [3.63, 3.8) is 0 Å². The van der Waals surface area contributed by atoms with E-state index in [1.54, 1.807) is 17.8 Å². The standard InChI is InChI=1S/C10H10ClN3O2/c1-5(16)10-9-6(4-15)12-8(11)3-7(9)14(2)13-10/h3,15H,4H2,1-2H3. The summed E-state index contributed by atoms with van der Waals surface area (Å²) < 4.78 is 1.55. The normalized spacial score (nSPS) is 11.0. The van der Waals surface area contributed by atoms with Gasteiger partial charge in [-0.3, -0.25) is 9.48 Å². The van der Waals surface area contributed by atoms with Gasteiger partial charge in [-0.1, -0.05) is 11.6 Å². The molecule has 0 aliphatic heterocycles. The lowest BCUT2D eigenvalue weighted by Crippen LogP contribution is -1.98. The molecule has 0 saturated heterocycles. The lowest BCUT2D eigenvalue weighted by Gasteiger charge is -2.00. The molecule has 0 bridgehead atoms. The second-order valence-corrected chi connectivity index (χ2v) is 3.86. The molecule has 84 valence electrons. The first-order chi connectivity index (χ1) is 7.54. The molecule has 0 amide bonds. The summed E-state index contributed by atoms with van der Waals surface area (Å²) in [6.07, 6.45) is 0. The monoisotopic (exact) mass is 239 g/mol. The van der Waals surface area contributed by atoms with Crippen LogP contribution in [0.2, 0.25) is 5.15 Å². The number of hydrogen-bond acceptors (Lipinski definition) is 4. The average molecular weight is 240 g/mol. The van der Waals surface area contributed by atoms with Gasteiger partial charge < -0.3 is 5.11 Å². The van der Waals surface area contributed by atoms with Crippen molar-refractivity contribution >= 4 is 28.3 Å². The van der Waals surface area contributed by atoms with Gasteiger partial charge in [-0.25, -0.2) is 4.98 Å². The molecule has 2 heterocycles. The van der Waals surface area contributed by atoms with Crippen LogP contribution in [0.1, 0.15) is 23.1 Å². The molecule has 5 nitrogen and oxygen atoms in total. The SMILES string of the molecule is CC(=O)c1nn(C)c2cc(Cl)nc(CO)c12. The number of rotatable bonds is 2. The number of carbonyl (C=O) groups excluding carboxylic acids is 1. The van der Waals surface area contributed by atoms with Crippen molar-refractivity contribution < 1.29 is 9.90 Å². The van der Waals surface area contributed by atoms with Gasteiger partial charge in [-0.05, 0) is 0 Å². The molecule has 2 rings (SSSR count). The fourth-order valence-corrected chi connectivity index (χ4v) is 1.88. The number of pyridine rings is 1. The highest BCUT2D eigenvalue weighted by molar-refractivity contribution is 6.30. The first-order valence-electron chi connectivity index (χ1n) is 4.68. The molecule has 0 unspecified atom stereocenters. The molecule has 0 fully saturated rings. The van der Waals surface area contributed by atoms with Crippen molar-refractivity contribution in [2.45, 2.75) is 13.5 Å². The molecule has 0 aromatic carbocycles. The van der Waals surface area contributed by atoms with Gasteiger partial charge in [-0.15, -0.1) is 0 Å². The van der Waals surface area contributed by atoms with Crippen LogP contribution in [0, 0.1) is 0 Å². The number of fused-ring (bicyclic) bond motifs is 1. The van der Waals surface area contributed by atoms with Crippen molar-refractivity contribution in [1.29, 1.82) is 0 Å². The largest absolute Gasteiger partial charge is 0.390 e. The highest BCUT2D eigenvalue weighted by atomic mass is 35.5. The number of aromatic nitrogens is 3. The Labute approximate surface area is 96.7 Å². The number of nitrogens with zero attached hydrogens (tertiary/aromatic N) is 3. The smallest absolute Gasteiger partial charge is 0.180 e. The van der Waals surface area contributed by atoms with Crippen molar-refractivity contribution in [3.8, 4) is 0 Å². The van der Waals surface area contributed by atoms with Gasteiger partial charge in [0.1, 0.15) is 10.8 Å². The van der Waals surface area contributed by atoms with Crippen molar-refractivity contribution in [3.05, 3.63) is 22.6 Å². The van der Waals surface area contributed by atoms with E-state index in [0.717, 1.165) is 0 Å². The molecule has 1 N–H and O–H groups in total. The molecule has 0 aliphatic carbocycles. The second kappa shape index (κ2) is 3.84. The quantitative estimate of drug-likeness (QED) is 0.634. The maximum Gasteiger partial charge on any atom is 0.180 e. The fraction of sp³-hybridized carbons (Fsp3) is 0.300. The number of aliphatic hydroxyl groups is 1. The molecular weight excluding hydrogens is 230 g/mol. The number of carbonyl (C=O) groups is 1. The van der Waals surface area contributed by atoms with Gasteiger partial charge in [0, 0.05) is 20.0 Å². The Hall–Kier alpha value is -1.46. The van der Waals surface area contributed by atoms with Crippen LogP contribution in [0.5, 0.6) is 0 Å². The molecule has 0 aliphatic rings. The number of ketones is 1. The topological polar surface area (TPSA) is 68.0 Å². The highest BCUT2D eigenvalue weighted by Gasteiger charge is 2.17. The zero-order valence-corrected chi connectivity index (χ0v) is 9.62. The molecular formula is C10H10ClN3O2. The Morgan fingerprint density at radius 3 is 2.88 bits per heavy atom. The highest BCUT2D eigenvalue weighted by Crippen LogP contribution is 2.24. The number of aliphatic hydroxyl groups excluding tert-OH is 1. The summed E-state index contributed by atoms with van der Waals surface area (Å²) in [4.78, 5) is 15.4. The molecule has 0 radical (unpaired) electrons. The number of aryl methyl sites for hydroxylation is 1. The van der Waals surface area contributed by atoms with Crippen LogP contribution >= 0.6 is 11.6 Å². The molecule has 2 aromatic rings. The summed E-state index contributed by atoms with van der Waals surface area (Å²) in [5.74, 6) is -0.163. The minimum atomic E-state index is -0.275. The molecule has 0 atom stereocenters. The van der Waals surface area contributed by atoms with E-state index in [0.29, 0.717) is 22.3 Å². The zero-order chi connectivity index (χ0) is 11.9. The Balaban J connectivity index is 2.91. The third-order valence-electron chi connectivity index (χ3n) is 2.36. The summed E-state index contributed by atoms with van der Waals surface area (Å²) in [5.41, 5.74) is 1.38. The third-order valence-corrected chi connectivity index (χ3v) is 2.55. The van der Waals surface area contributed by atoms with Gasteiger partial charge in [0.2, 0.25) is 0 Å². The van der Waals surface area contributed by atoms with E-state index >= 15 is 0 Å². The molecule has 16 heavy (non-hydrogen) atoms. The van der Waals surface area contributed by atoms with Crippen LogP contribution in [-0.4, -0.2) is 25.7 Å². The van der Waals surface area contributed by atoms with Crippen LogP contribution in [0.3, 0.4) is 0 Å². The van der Waals surface area contributed by atoms with E-state index in [2.05, 4.69) is 10.1 Å². The van der Waals surface area contributed by atoms with Gasteiger partial charge in [0.25, 0.3) is 0 Å². The van der Waals surface area contributed by atoms with E-state index < -0.39 is 0 Å². The van der Waals surface area contributed by atoms with Crippen LogP contribution < -0.4 is 0 Å². The van der Waals surface area contributed by atoms with Crippen LogP contribution in [0.15, 0.2) is 6.07 Å². The second-order valence-electron chi connectivity index (χ2n) is 3.47.